The Bertz CT molecular complexity index is 952. The molecule has 0 unspecified atom stereocenters. The number of H-pyrrole nitrogens is 1. The van der Waals surface area contributed by atoms with Gasteiger partial charge in [-0.1, -0.05) is 23.7 Å². The molecule has 3 aromatic rings. The standard InChI is InChI=1S/C14H14ClN5O2/c1-16-13-17-11-10(12(21)18-14(22)19(11)2)20(13)7-8-3-5-9(15)6-4-8/h3-6H,7H2,1-2H3,(H,16,17)(H,18,21,22). The number of benzene rings is 1. The van der Waals surface area contributed by atoms with Gasteiger partial charge in [0.05, 0.1) is 6.54 Å². The highest BCUT2D eigenvalue weighted by Gasteiger charge is 2.16. The topological polar surface area (TPSA) is 84.7 Å². The fraction of sp³-hybridized carbons (Fsp3) is 0.214. The highest BCUT2D eigenvalue weighted by molar-refractivity contribution is 6.30. The van der Waals surface area contributed by atoms with Crippen LogP contribution in [-0.4, -0.2) is 26.1 Å². The number of nitrogens with one attached hydrogen (secondary N) is 2. The van der Waals surface area contributed by atoms with Gasteiger partial charge in [-0.05, 0) is 17.7 Å². The Morgan fingerprint density at radius 2 is 1.95 bits per heavy atom. The summed E-state index contributed by atoms with van der Waals surface area (Å²) in [5.41, 5.74) is 0.708. The lowest BCUT2D eigenvalue weighted by atomic mass is 10.2. The Labute approximate surface area is 130 Å². The Morgan fingerprint density at radius 1 is 1.27 bits per heavy atom. The molecule has 0 amide bonds. The van der Waals surface area contributed by atoms with Crippen molar-refractivity contribution in [1.82, 2.24) is 19.1 Å². The Morgan fingerprint density at radius 3 is 2.59 bits per heavy atom. The van der Waals surface area contributed by atoms with Crippen molar-refractivity contribution in [3.63, 3.8) is 0 Å². The van der Waals surface area contributed by atoms with Crippen LogP contribution >= 0.6 is 11.6 Å². The molecule has 2 heterocycles. The molecule has 114 valence electrons. The third-order valence-electron chi connectivity index (χ3n) is 3.48. The van der Waals surface area contributed by atoms with Gasteiger partial charge in [0.1, 0.15) is 0 Å². The number of rotatable bonds is 3. The number of nitrogens with zero attached hydrogens (tertiary/aromatic N) is 3. The number of hydrogen-bond acceptors (Lipinski definition) is 4. The Balaban J connectivity index is 2.24. The Kier molecular flexibility index (Phi) is 3.50. The van der Waals surface area contributed by atoms with Gasteiger partial charge in [-0.2, -0.15) is 4.98 Å². The van der Waals surface area contributed by atoms with Gasteiger partial charge in [-0.25, -0.2) is 4.79 Å². The van der Waals surface area contributed by atoms with Gasteiger partial charge in [0.25, 0.3) is 5.56 Å². The molecule has 0 atom stereocenters. The van der Waals surface area contributed by atoms with Crippen LogP contribution in [0.2, 0.25) is 5.02 Å². The van der Waals surface area contributed by atoms with Gasteiger partial charge in [0.15, 0.2) is 11.2 Å². The largest absolute Gasteiger partial charge is 0.359 e. The number of fused-ring (bicyclic) bond motifs is 1. The predicted octanol–water partition coefficient (Wildman–Crippen LogP) is 1.17. The van der Waals surface area contributed by atoms with E-state index in [4.69, 9.17) is 11.6 Å². The van der Waals surface area contributed by atoms with Gasteiger partial charge in [0.2, 0.25) is 5.95 Å². The highest BCUT2D eigenvalue weighted by atomic mass is 35.5. The zero-order valence-electron chi connectivity index (χ0n) is 12.1. The zero-order chi connectivity index (χ0) is 15.9. The summed E-state index contributed by atoms with van der Waals surface area (Å²) < 4.78 is 3.05. The molecule has 0 aliphatic heterocycles. The fourth-order valence-electron chi connectivity index (χ4n) is 2.35. The first-order valence-corrected chi connectivity index (χ1v) is 7.01. The third-order valence-corrected chi connectivity index (χ3v) is 3.74. The molecule has 2 aromatic heterocycles. The molecule has 8 heteroatoms. The summed E-state index contributed by atoms with van der Waals surface area (Å²) in [5.74, 6) is 0.511. The lowest BCUT2D eigenvalue weighted by molar-refractivity contribution is 0.810. The molecule has 7 nitrogen and oxygen atoms in total. The summed E-state index contributed by atoms with van der Waals surface area (Å²) in [6.07, 6.45) is 0. The molecule has 0 bridgehead atoms. The molecule has 22 heavy (non-hydrogen) atoms. The van der Waals surface area contributed by atoms with Gasteiger partial charge in [-0.15, -0.1) is 0 Å². The van der Waals surface area contributed by atoms with Crippen LogP contribution in [-0.2, 0) is 13.6 Å². The number of aromatic nitrogens is 4. The summed E-state index contributed by atoms with van der Waals surface area (Å²) in [5, 5.41) is 3.59. The minimum Gasteiger partial charge on any atom is -0.359 e. The summed E-state index contributed by atoms with van der Waals surface area (Å²) in [7, 11) is 3.28. The molecule has 0 radical (unpaired) electrons. The van der Waals surface area contributed by atoms with Gasteiger partial charge in [0, 0.05) is 19.1 Å². The number of aromatic amines is 1. The van der Waals surface area contributed by atoms with E-state index in [2.05, 4.69) is 15.3 Å². The van der Waals surface area contributed by atoms with Crippen molar-refractivity contribution in [3.05, 3.63) is 55.7 Å². The number of anilines is 1. The maximum Gasteiger partial charge on any atom is 0.329 e. The average Bonchev–Trinajstić information content (AvgIpc) is 2.86. The van der Waals surface area contributed by atoms with Crippen molar-refractivity contribution in [1.29, 1.82) is 0 Å². The zero-order valence-corrected chi connectivity index (χ0v) is 12.8. The first-order valence-electron chi connectivity index (χ1n) is 6.63. The van der Waals surface area contributed by atoms with Crippen LogP contribution in [0.25, 0.3) is 11.2 Å². The molecule has 0 aliphatic carbocycles. The minimum atomic E-state index is -0.490. The first-order chi connectivity index (χ1) is 10.5. The van der Waals surface area contributed by atoms with E-state index in [-0.39, 0.29) is 0 Å². The molecule has 0 spiro atoms. The van der Waals surface area contributed by atoms with E-state index in [9.17, 15) is 9.59 Å². The van der Waals surface area contributed by atoms with E-state index in [1.807, 2.05) is 12.1 Å². The smallest absolute Gasteiger partial charge is 0.329 e. The summed E-state index contributed by atoms with van der Waals surface area (Å²) in [6, 6.07) is 7.33. The number of halogens is 1. The SMILES string of the molecule is CNc1nc2c(c(=O)[nH]c(=O)n2C)n1Cc1ccc(Cl)cc1. The van der Waals surface area contributed by atoms with Crippen LogP contribution in [0, 0.1) is 0 Å². The molecule has 2 N–H and O–H groups in total. The molecule has 3 rings (SSSR count). The van der Waals surface area contributed by atoms with Crippen LogP contribution < -0.4 is 16.6 Å². The van der Waals surface area contributed by atoms with Gasteiger partial charge < -0.3 is 5.32 Å². The van der Waals surface area contributed by atoms with E-state index in [0.717, 1.165) is 5.56 Å². The van der Waals surface area contributed by atoms with Crippen LogP contribution in [0.4, 0.5) is 5.95 Å². The van der Waals surface area contributed by atoms with Crippen molar-refractivity contribution >= 4 is 28.7 Å². The molecule has 1 aromatic carbocycles. The van der Waals surface area contributed by atoms with E-state index in [0.29, 0.717) is 28.7 Å². The number of hydrogen-bond donors (Lipinski definition) is 2. The van der Waals surface area contributed by atoms with E-state index in [1.54, 1.807) is 30.8 Å². The van der Waals surface area contributed by atoms with Crippen LogP contribution in [0.3, 0.4) is 0 Å². The van der Waals surface area contributed by atoms with E-state index < -0.39 is 11.2 Å². The maximum absolute atomic E-state index is 12.2. The number of aryl methyl sites for hydroxylation is 1. The van der Waals surface area contributed by atoms with Crippen molar-refractivity contribution in [3.8, 4) is 0 Å². The van der Waals surface area contributed by atoms with Crippen LogP contribution in [0.5, 0.6) is 0 Å². The van der Waals surface area contributed by atoms with Crippen molar-refractivity contribution in [2.45, 2.75) is 6.54 Å². The second-order valence-corrected chi connectivity index (χ2v) is 5.32. The fourth-order valence-corrected chi connectivity index (χ4v) is 2.48. The predicted molar refractivity (Wildman–Crippen MR) is 85.7 cm³/mol. The van der Waals surface area contributed by atoms with Gasteiger partial charge >= 0.3 is 5.69 Å². The molecular formula is C14H14ClN5O2. The summed E-state index contributed by atoms with van der Waals surface area (Å²) >= 11 is 5.89. The summed E-state index contributed by atoms with van der Waals surface area (Å²) in [4.78, 5) is 30.5. The maximum atomic E-state index is 12.2. The first kappa shape index (κ1) is 14.4. The van der Waals surface area contributed by atoms with E-state index in [1.165, 1.54) is 4.57 Å². The normalized spacial score (nSPS) is 11.0. The minimum absolute atomic E-state index is 0.340. The lowest BCUT2D eigenvalue weighted by Gasteiger charge is -2.08. The van der Waals surface area contributed by atoms with E-state index >= 15 is 0 Å². The molecule has 0 saturated heterocycles. The third kappa shape index (κ3) is 2.29. The quantitative estimate of drug-likeness (QED) is 0.759. The van der Waals surface area contributed by atoms with Crippen molar-refractivity contribution in [2.75, 3.05) is 12.4 Å². The monoisotopic (exact) mass is 319 g/mol. The number of imidazole rings is 1. The average molecular weight is 320 g/mol. The lowest BCUT2D eigenvalue weighted by Crippen LogP contribution is -2.29. The highest BCUT2D eigenvalue weighted by Crippen LogP contribution is 2.18. The molecule has 0 saturated carbocycles. The molecule has 0 aliphatic rings. The molecule has 0 fully saturated rings. The van der Waals surface area contributed by atoms with Crippen LogP contribution in [0.1, 0.15) is 5.56 Å². The van der Waals surface area contributed by atoms with Crippen molar-refractivity contribution < 1.29 is 0 Å². The van der Waals surface area contributed by atoms with Crippen molar-refractivity contribution in [2.24, 2.45) is 7.05 Å². The van der Waals surface area contributed by atoms with Crippen LogP contribution in [0.15, 0.2) is 33.9 Å². The second kappa shape index (κ2) is 5.34. The molecular weight excluding hydrogens is 306 g/mol. The Hall–Kier alpha value is -2.54. The summed E-state index contributed by atoms with van der Waals surface area (Å²) in [6.45, 7) is 0.436. The van der Waals surface area contributed by atoms with Gasteiger partial charge in [-0.3, -0.25) is 18.9 Å². The second-order valence-electron chi connectivity index (χ2n) is 4.89.